The molecule has 0 saturated carbocycles. The van der Waals surface area contributed by atoms with E-state index in [0.29, 0.717) is 5.92 Å². The zero-order valence-electron chi connectivity index (χ0n) is 19.0. The smallest absolute Gasteiger partial charge is 0.142 e. The third kappa shape index (κ3) is 5.08. The number of nitrogens with zero attached hydrogens (tertiary/aromatic N) is 2. The molecular weight excluding hydrogens is 380 g/mol. The molecule has 0 unspecified atom stereocenters. The van der Waals surface area contributed by atoms with Crippen LogP contribution in [0.4, 0.5) is 0 Å². The van der Waals surface area contributed by atoms with Crippen molar-refractivity contribution in [2.24, 2.45) is 0 Å². The number of aromatic nitrogens is 2. The van der Waals surface area contributed by atoms with E-state index >= 15 is 0 Å². The normalized spacial score (nSPS) is 11.0. The van der Waals surface area contributed by atoms with E-state index in [2.05, 4.69) is 33.1 Å². The van der Waals surface area contributed by atoms with E-state index in [0.717, 1.165) is 57.2 Å². The first-order valence-electron chi connectivity index (χ1n) is 10.6. The van der Waals surface area contributed by atoms with Crippen LogP contribution in [0.5, 0.6) is 11.5 Å². The zero-order valence-corrected chi connectivity index (χ0v) is 19.8. The Morgan fingerprint density at radius 3 is 2.28 bits per heavy atom. The molecule has 0 aliphatic rings. The Labute approximate surface area is 179 Å². The van der Waals surface area contributed by atoms with Crippen molar-refractivity contribution in [3.8, 4) is 22.2 Å². The standard InChI is InChI=1S/C22H28N2O2S.C2H6/c1-7-15(8-2)26-20-11-17(22-24-18(12-27-22)13(3)4)23-21-14(5)19(25-6)10-9-16(20)21;1-2/h9-13,15H,7-8H2,1-6H3;1-2H3. The fourth-order valence-electron chi connectivity index (χ4n) is 3.11. The Morgan fingerprint density at radius 2 is 1.72 bits per heavy atom. The van der Waals surface area contributed by atoms with Gasteiger partial charge in [-0.3, -0.25) is 0 Å². The average Bonchev–Trinajstić information content (AvgIpc) is 3.24. The maximum Gasteiger partial charge on any atom is 0.142 e. The van der Waals surface area contributed by atoms with E-state index < -0.39 is 0 Å². The van der Waals surface area contributed by atoms with Crippen LogP contribution in [0, 0.1) is 6.92 Å². The minimum absolute atomic E-state index is 0.188. The second kappa shape index (κ2) is 10.6. The van der Waals surface area contributed by atoms with Crippen molar-refractivity contribution in [1.29, 1.82) is 0 Å². The van der Waals surface area contributed by atoms with Gasteiger partial charge in [0.15, 0.2) is 0 Å². The molecule has 0 spiro atoms. The van der Waals surface area contributed by atoms with Crippen molar-refractivity contribution in [2.75, 3.05) is 7.11 Å². The Kier molecular flexibility index (Phi) is 8.45. The number of aryl methyl sites for hydroxylation is 1. The lowest BCUT2D eigenvalue weighted by molar-refractivity contribution is 0.195. The van der Waals surface area contributed by atoms with Crippen LogP contribution in [-0.2, 0) is 0 Å². The van der Waals surface area contributed by atoms with Crippen LogP contribution in [0.15, 0.2) is 23.6 Å². The van der Waals surface area contributed by atoms with Gasteiger partial charge < -0.3 is 9.47 Å². The van der Waals surface area contributed by atoms with Crippen molar-refractivity contribution in [3.63, 3.8) is 0 Å². The topological polar surface area (TPSA) is 44.2 Å². The number of pyridine rings is 1. The summed E-state index contributed by atoms with van der Waals surface area (Å²) in [6, 6.07) is 6.06. The lowest BCUT2D eigenvalue weighted by Crippen LogP contribution is -2.14. The van der Waals surface area contributed by atoms with Crippen molar-refractivity contribution in [3.05, 3.63) is 34.8 Å². The molecule has 3 rings (SSSR count). The van der Waals surface area contributed by atoms with E-state index in [1.54, 1.807) is 18.4 Å². The summed E-state index contributed by atoms with van der Waals surface area (Å²) in [6.45, 7) is 14.7. The van der Waals surface area contributed by atoms with Gasteiger partial charge in [-0.15, -0.1) is 11.3 Å². The highest BCUT2D eigenvalue weighted by molar-refractivity contribution is 7.13. The number of rotatable bonds is 7. The van der Waals surface area contributed by atoms with Gasteiger partial charge in [-0.1, -0.05) is 41.5 Å². The lowest BCUT2D eigenvalue weighted by Gasteiger charge is -2.19. The molecule has 158 valence electrons. The summed E-state index contributed by atoms with van der Waals surface area (Å²) < 4.78 is 11.9. The van der Waals surface area contributed by atoms with Crippen LogP contribution in [-0.4, -0.2) is 23.2 Å². The van der Waals surface area contributed by atoms with Gasteiger partial charge in [0.1, 0.15) is 22.2 Å². The number of ether oxygens (including phenoxy) is 2. The molecule has 0 atom stereocenters. The van der Waals surface area contributed by atoms with Gasteiger partial charge in [-0.05, 0) is 37.8 Å². The molecule has 1 aromatic carbocycles. The number of methoxy groups -OCH3 is 1. The highest BCUT2D eigenvalue weighted by atomic mass is 32.1. The minimum atomic E-state index is 0.188. The second-order valence-electron chi connectivity index (χ2n) is 7.08. The van der Waals surface area contributed by atoms with Gasteiger partial charge in [-0.25, -0.2) is 9.97 Å². The van der Waals surface area contributed by atoms with Gasteiger partial charge in [-0.2, -0.15) is 0 Å². The predicted molar refractivity (Wildman–Crippen MR) is 125 cm³/mol. The number of hydrogen-bond acceptors (Lipinski definition) is 5. The Morgan fingerprint density at radius 1 is 1.03 bits per heavy atom. The van der Waals surface area contributed by atoms with Gasteiger partial charge in [0, 0.05) is 22.4 Å². The van der Waals surface area contributed by atoms with E-state index in [9.17, 15) is 0 Å². The largest absolute Gasteiger partial charge is 0.496 e. The predicted octanol–water partition coefficient (Wildman–Crippen LogP) is 7.39. The van der Waals surface area contributed by atoms with E-state index in [1.807, 2.05) is 39.0 Å². The fraction of sp³-hybridized carbons (Fsp3) is 0.500. The molecule has 29 heavy (non-hydrogen) atoms. The summed E-state index contributed by atoms with van der Waals surface area (Å²) in [4.78, 5) is 9.72. The molecular formula is C24H34N2O2S. The van der Waals surface area contributed by atoms with Crippen LogP contribution in [0.1, 0.15) is 71.6 Å². The summed E-state index contributed by atoms with van der Waals surface area (Å²) in [6.07, 6.45) is 2.13. The number of hydrogen-bond donors (Lipinski definition) is 0. The lowest BCUT2D eigenvalue weighted by atomic mass is 10.1. The minimum Gasteiger partial charge on any atom is -0.496 e. The zero-order chi connectivity index (χ0) is 21.6. The first-order chi connectivity index (χ1) is 14.0. The maximum atomic E-state index is 6.37. The quantitative estimate of drug-likeness (QED) is 0.404. The molecule has 5 heteroatoms. The Balaban J connectivity index is 0.00000145. The van der Waals surface area contributed by atoms with Gasteiger partial charge in [0.2, 0.25) is 0 Å². The van der Waals surface area contributed by atoms with Crippen molar-refractivity contribution in [1.82, 2.24) is 9.97 Å². The van der Waals surface area contributed by atoms with Gasteiger partial charge >= 0.3 is 0 Å². The third-order valence-electron chi connectivity index (χ3n) is 4.90. The highest BCUT2D eigenvalue weighted by Gasteiger charge is 2.17. The number of benzene rings is 1. The molecule has 0 N–H and O–H groups in total. The molecule has 0 aliphatic heterocycles. The van der Waals surface area contributed by atoms with Crippen LogP contribution < -0.4 is 9.47 Å². The van der Waals surface area contributed by atoms with Crippen molar-refractivity contribution >= 4 is 22.2 Å². The van der Waals surface area contributed by atoms with Crippen LogP contribution in [0.3, 0.4) is 0 Å². The van der Waals surface area contributed by atoms with Crippen LogP contribution in [0.2, 0.25) is 0 Å². The molecule has 4 nitrogen and oxygen atoms in total. The van der Waals surface area contributed by atoms with Crippen LogP contribution >= 0.6 is 11.3 Å². The van der Waals surface area contributed by atoms with E-state index in [-0.39, 0.29) is 6.10 Å². The molecule has 0 amide bonds. The Hall–Kier alpha value is -2.14. The first-order valence-corrected chi connectivity index (χ1v) is 11.5. The summed E-state index contributed by atoms with van der Waals surface area (Å²) in [5, 5.41) is 4.06. The van der Waals surface area contributed by atoms with Crippen LogP contribution in [0.25, 0.3) is 21.6 Å². The molecule has 2 heterocycles. The number of fused-ring (bicyclic) bond motifs is 1. The van der Waals surface area contributed by atoms with Crippen molar-refractivity contribution in [2.45, 2.75) is 73.3 Å². The average molecular weight is 415 g/mol. The Bertz CT molecular complexity index is 930. The maximum absolute atomic E-state index is 6.37. The summed E-state index contributed by atoms with van der Waals surface area (Å²) in [7, 11) is 1.69. The molecule has 0 fully saturated rings. The highest BCUT2D eigenvalue weighted by Crippen LogP contribution is 2.37. The molecule has 3 aromatic rings. The van der Waals surface area contributed by atoms with Gasteiger partial charge in [0.25, 0.3) is 0 Å². The second-order valence-corrected chi connectivity index (χ2v) is 7.94. The fourth-order valence-corrected chi connectivity index (χ4v) is 4.05. The molecule has 0 radical (unpaired) electrons. The summed E-state index contributed by atoms with van der Waals surface area (Å²) in [5.41, 5.74) is 3.89. The summed E-state index contributed by atoms with van der Waals surface area (Å²) in [5.74, 6) is 2.11. The van der Waals surface area contributed by atoms with E-state index in [1.165, 1.54) is 0 Å². The summed E-state index contributed by atoms with van der Waals surface area (Å²) >= 11 is 1.63. The molecule has 0 aliphatic carbocycles. The SMILES string of the molecule is CC.CCC(CC)Oc1cc(-c2nc(C(C)C)cs2)nc2c(C)c(OC)ccc12. The third-order valence-corrected chi connectivity index (χ3v) is 5.79. The van der Waals surface area contributed by atoms with Gasteiger partial charge in [0.05, 0.1) is 24.4 Å². The molecule has 0 bridgehead atoms. The number of thiazole rings is 1. The van der Waals surface area contributed by atoms with Crippen molar-refractivity contribution < 1.29 is 9.47 Å². The first kappa shape index (κ1) is 23.1. The monoisotopic (exact) mass is 414 g/mol. The van der Waals surface area contributed by atoms with E-state index in [4.69, 9.17) is 19.4 Å². The molecule has 0 saturated heterocycles. The molecule has 2 aromatic heterocycles.